The van der Waals surface area contributed by atoms with Gasteiger partial charge in [-0.05, 0) is 43.5 Å². The van der Waals surface area contributed by atoms with Gasteiger partial charge in [0.15, 0.2) is 0 Å². The van der Waals surface area contributed by atoms with Crippen LogP contribution in [0.3, 0.4) is 0 Å². The molecule has 1 aromatic carbocycles. The molecule has 0 saturated heterocycles. The SMILES string of the molecule is CCC(C)(C)c1ccc(OCC(C)(CO)NC)cc1. The van der Waals surface area contributed by atoms with E-state index in [0.29, 0.717) is 6.61 Å². The largest absolute Gasteiger partial charge is 0.492 e. The standard InChI is InChI=1S/C16H27NO2/c1-6-15(2,3)13-7-9-14(10-8-13)19-12-16(4,11-18)17-5/h7-10,17-18H,6,11-12H2,1-5H3. The Morgan fingerprint density at radius 2 is 1.74 bits per heavy atom. The second-order valence-corrected chi connectivity index (χ2v) is 6.02. The minimum Gasteiger partial charge on any atom is -0.492 e. The monoisotopic (exact) mass is 265 g/mol. The minimum absolute atomic E-state index is 0.0461. The van der Waals surface area contributed by atoms with Crippen LogP contribution in [0.15, 0.2) is 24.3 Å². The summed E-state index contributed by atoms with van der Waals surface area (Å²) in [6.45, 7) is 9.10. The van der Waals surface area contributed by atoms with Crippen LogP contribution >= 0.6 is 0 Å². The van der Waals surface area contributed by atoms with Crippen molar-refractivity contribution in [1.82, 2.24) is 5.32 Å². The van der Waals surface area contributed by atoms with Gasteiger partial charge in [0.1, 0.15) is 12.4 Å². The molecule has 0 saturated carbocycles. The van der Waals surface area contributed by atoms with Gasteiger partial charge < -0.3 is 15.2 Å². The molecule has 3 heteroatoms. The zero-order valence-electron chi connectivity index (χ0n) is 12.8. The molecule has 108 valence electrons. The molecule has 1 aromatic rings. The smallest absolute Gasteiger partial charge is 0.119 e. The third-order valence-electron chi connectivity index (χ3n) is 4.03. The summed E-state index contributed by atoms with van der Waals surface area (Å²) in [5, 5.41) is 12.4. The molecule has 0 radical (unpaired) electrons. The van der Waals surface area contributed by atoms with Crippen LogP contribution in [-0.4, -0.2) is 30.9 Å². The fourth-order valence-corrected chi connectivity index (χ4v) is 1.65. The number of nitrogens with one attached hydrogen (secondary N) is 1. The van der Waals surface area contributed by atoms with E-state index in [1.54, 1.807) is 0 Å². The Morgan fingerprint density at radius 1 is 1.16 bits per heavy atom. The van der Waals surface area contributed by atoms with E-state index in [1.165, 1.54) is 5.56 Å². The quantitative estimate of drug-likeness (QED) is 0.796. The zero-order chi connectivity index (χ0) is 14.5. The predicted molar refractivity (Wildman–Crippen MR) is 79.8 cm³/mol. The molecule has 3 nitrogen and oxygen atoms in total. The van der Waals surface area contributed by atoms with Crippen LogP contribution in [0.25, 0.3) is 0 Å². The molecular weight excluding hydrogens is 238 g/mol. The van der Waals surface area contributed by atoms with Crippen LogP contribution in [0.1, 0.15) is 39.7 Å². The Morgan fingerprint density at radius 3 is 2.16 bits per heavy atom. The normalized spacial score (nSPS) is 15.1. The lowest BCUT2D eigenvalue weighted by Gasteiger charge is -2.27. The van der Waals surface area contributed by atoms with E-state index in [9.17, 15) is 5.11 Å². The summed E-state index contributed by atoms with van der Waals surface area (Å²) < 4.78 is 5.73. The van der Waals surface area contributed by atoms with E-state index in [2.05, 4.69) is 38.2 Å². The number of hydrogen-bond acceptors (Lipinski definition) is 3. The molecule has 0 aliphatic carbocycles. The first-order chi connectivity index (χ1) is 8.87. The fourth-order valence-electron chi connectivity index (χ4n) is 1.65. The van der Waals surface area contributed by atoms with Crippen molar-refractivity contribution in [3.63, 3.8) is 0 Å². The average Bonchev–Trinajstić information content (AvgIpc) is 2.45. The van der Waals surface area contributed by atoms with Gasteiger partial charge in [-0.25, -0.2) is 0 Å². The van der Waals surface area contributed by atoms with Crippen LogP contribution in [-0.2, 0) is 5.41 Å². The average molecular weight is 265 g/mol. The lowest BCUT2D eigenvalue weighted by molar-refractivity contribution is 0.122. The summed E-state index contributed by atoms with van der Waals surface area (Å²) in [5.41, 5.74) is 1.12. The molecular formula is C16H27NO2. The van der Waals surface area contributed by atoms with Crippen molar-refractivity contribution in [1.29, 1.82) is 0 Å². The third-order valence-corrected chi connectivity index (χ3v) is 4.03. The Labute approximate surface area is 117 Å². The number of hydrogen-bond donors (Lipinski definition) is 2. The highest BCUT2D eigenvalue weighted by Crippen LogP contribution is 2.28. The van der Waals surface area contributed by atoms with Gasteiger partial charge in [-0.1, -0.05) is 32.9 Å². The molecule has 0 aliphatic heterocycles. The van der Waals surface area contributed by atoms with Crippen molar-refractivity contribution in [2.24, 2.45) is 0 Å². The summed E-state index contributed by atoms with van der Waals surface area (Å²) in [7, 11) is 1.83. The molecule has 2 N–H and O–H groups in total. The molecule has 19 heavy (non-hydrogen) atoms. The number of aliphatic hydroxyl groups excluding tert-OH is 1. The van der Waals surface area contributed by atoms with Crippen molar-refractivity contribution >= 4 is 0 Å². The van der Waals surface area contributed by atoms with Crippen LogP contribution in [0, 0.1) is 0 Å². The molecule has 0 aliphatic rings. The molecule has 0 fully saturated rings. The predicted octanol–water partition coefficient (Wildman–Crippen LogP) is 2.72. The maximum Gasteiger partial charge on any atom is 0.119 e. The molecule has 1 rings (SSSR count). The Hall–Kier alpha value is -1.06. The molecule has 1 unspecified atom stereocenters. The second-order valence-electron chi connectivity index (χ2n) is 6.02. The first-order valence-corrected chi connectivity index (χ1v) is 6.90. The molecule has 0 spiro atoms. The molecule has 0 amide bonds. The van der Waals surface area contributed by atoms with Gasteiger partial charge in [-0.15, -0.1) is 0 Å². The van der Waals surface area contributed by atoms with Crippen molar-refractivity contribution in [3.8, 4) is 5.75 Å². The molecule has 0 heterocycles. The van der Waals surface area contributed by atoms with Crippen LogP contribution in [0.5, 0.6) is 5.75 Å². The number of rotatable bonds is 7. The van der Waals surface area contributed by atoms with Gasteiger partial charge in [-0.3, -0.25) is 0 Å². The lowest BCUT2D eigenvalue weighted by Crippen LogP contribution is -2.48. The maximum absolute atomic E-state index is 9.30. The summed E-state index contributed by atoms with van der Waals surface area (Å²) in [5.74, 6) is 0.838. The Kier molecular flexibility index (Phi) is 5.39. The number of benzene rings is 1. The second kappa shape index (κ2) is 6.40. The highest BCUT2D eigenvalue weighted by atomic mass is 16.5. The molecule has 0 aromatic heterocycles. The van der Waals surface area contributed by atoms with Gasteiger partial charge in [-0.2, -0.15) is 0 Å². The first-order valence-electron chi connectivity index (χ1n) is 6.90. The maximum atomic E-state index is 9.30. The Balaban J connectivity index is 2.68. The number of ether oxygens (including phenoxy) is 1. The van der Waals surface area contributed by atoms with Crippen LogP contribution < -0.4 is 10.1 Å². The van der Waals surface area contributed by atoms with E-state index in [4.69, 9.17) is 4.74 Å². The number of aliphatic hydroxyl groups is 1. The van der Waals surface area contributed by atoms with E-state index in [1.807, 2.05) is 26.1 Å². The molecule has 0 bridgehead atoms. The van der Waals surface area contributed by atoms with Crippen molar-refractivity contribution < 1.29 is 9.84 Å². The van der Waals surface area contributed by atoms with E-state index >= 15 is 0 Å². The zero-order valence-corrected chi connectivity index (χ0v) is 12.8. The van der Waals surface area contributed by atoms with E-state index in [0.717, 1.165) is 12.2 Å². The topological polar surface area (TPSA) is 41.5 Å². The summed E-state index contributed by atoms with van der Waals surface area (Å²) in [6, 6.07) is 8.24. The van der Waals surface area contributed by atoms with Gasteiger partial charge in [0, 0.05) is 0 Å². The lowest BCUT2D eigenvalue weighted by atomic mass is 9.82. The summed E-state index contributed by atoms with van der Waals surface area (Å²) >= 11 is 0. The van der Waals surface area contributed by atoms with Gasteiger partial charge in [0.05, 0.1) is 12.1 Å². The van der Waals surface area contributed by atoms with E-state index in [-0.39, 0.29) is 12.0 Å². The van der Waals surface area contributed by atoms with Crippen LogP contribution in [0.2, 0.25) is 0 Å². The highest BCUT2D eigenvalue weighted by Gasteiger charge is 2.22. The summed E-state index contributed by atoms with van der Waals surface area (Å²) in [6.07, 6.45) is 1.11. The van der Waals surface area contributed by atoms with Crippen LogP contribution in [0.4, 0.5) is 0 Å². The van der Waals surface area contributed by atoms with Crippen molar-refractivity contribution in [2.45, 2.75) is 45.1 Å². The van der Waals surface area contributed by atoms with Gasteiger partial charge in [0.2, 0.25) is 0 Å². The summed E-state index contributed by atoms with van der Waals surface area (Å²) in [4.78, 5) is 0. The minimum atomic E-state index is -0.401. The van der Waals surface area contributed by atoms with Gasteiger partial charge >= 0.3 is 0 Å². The third kappa shape index (κ3) is 4.22. The fraction of sp³-hybridized carbons (Fsp3) is 0.625. The van der Waals surface area contributed by atoms with Crippen molar-refractivity contribution in [2.75, 3.05) is 20.3 Å². The first kappa shape index (κ1) is 16.0. The Bertz CT molecular complexity index is 380. The van der Waals surface area contributed by atoms with Gasteiger partial charge in [0.25, 0.3) is 0 Å². The number of likely N-dealkylation sites (N-methyl/N-ethyl adjacent to an activating group) is 1. The highest BCUT2D eigenvalue weighted by molar-refractivity contribution is 5.31. The van der Waals surface area contributed by atoms with E-state index < -0.39 is 5.54 Å². The van der Waals surface area contributed by atoms with Crippen molar-refractivity contribution in [3.05, 3.63) is 29.8 Å². The molecule has 1 atom stereocenters.